The molecule has 15 heavy (non-hydrogen) atoms. The second-order valence-electron chi connectivity index (χ2n) is 3.91. The monoisotopic (exact) mass is 196 g/mol. The van der Waals surface area contributed by atoms with Gasteiger partial charge in [0.05, 0.1) is 0 Å². The summed E-state index contributed by atoms with van der Waals surface area (Å²) < 4.78 is 0. The van der Waals surface area contributed by atoms with Crippen LogP contribution in [0.4, 0.5) is 0 Å². The lowest BCUT2D eigenvalue weighted by molar-refractivity contribution is 0.764. The summed E-state index contributed by atoms with van der Waals surface area (Å²) in [6.07, 6.45) is 16.8. The van der Waals surface area contributed by atoms with E-state index < -0.39 is 0 Å². The molecule has 1 saturated carbocycles. The van der Waals surface area contributed by atoms with Crippen molar-refractivity contribution < 1.29 is 0 Å². The first-order valence-electron chi connectivity index (χ1n) is 5.39. The van der Waals surface area contributed by atoms with E-state index in [4.69, 9.17) is 0 Å². The molecule has 0 bridgehead atoms. The van der Waals surface area contributed by atoms with Crippen molar-refractivity contribution in [2.75, 3.05) is 0 Å². The third-order valence-corrected chi connectivity index (χ3v) is 2.92. The fourth-order valence-electron chi connectivity index (χ4n) is 2.11. The Kier molecular flexibility index (Phi) is 2.86. The average Bonchev–Trinajstić information content (AvgIpc) is 2.92. The molecular weight excluding hydrogens is 180 g/mol. The summed E-state index contributed by atoms with van der Waals surface area (Å²) in [4.78, 5) is 0. The fraction of sp³-hybridized carbons (Fsp3) is 0.200. The van der Waals surface area contributed by atoms with E-state index in [1.54, 1.807) is 6.08 Å². The van der Waals surface area contributed by atoms with E-state index >= 15 is 0 Å². The SMILES string of the molecule is C=C/C=C\C=C1C=C2/C(=C\C=C)C2CC/1. The Morgan fingerprint density at radius 1 is 1.13 bits per heavy atom. The molecule has 0 amide bonds. The van der Waals surface area contributed by atoms with Gasteiger partial charge >= 0.3 is 0 Å². The van der Waals surface area contributed by atoms with Crippen molar-refractivity contribution >= 4 is 0 Å². The van der Waals surface area contributed by atoms with Crippen LogP contribution in [0.5, 0.6) is 0 Å². The Labute approximate surface area is 91.7 Å². The molecule has 0 nitrogen and oxygen atoms in total. The number of allylic oxidation sites excluding steroid dienone is 10. The van der Waals surface area contributed by atoms with E-state index in [9.17, 15) is 0 Å². The Morgan fingerprint density at radius 3 is 2.73 bits per heavy atom. The normalized spacial score (nSPS) is 29.1. The van der Waals surface area contributed by atoms with Crippen LogP contribution in [0, 0.1) is 5.92 Å². The van der Waals surface area contributed by atoms with Crippen LogP contribution in [0.15, 0.2) is 72.4 Å². The molecule has 0 heterocycles. The second-order valence-corrected chi connectivity index (χ2v) is 3.91. The van der Waals surface area contributed by atoms with Gasteiger partial charge in [-0.2, -0.15) is 0 Å². The van der Waals surface area contributed by atoms with Crippen LogP contribution in [0.2, 0.25) is 0 Å². The molecule has 0 spiro atoms. The van der Waals surface area contributed by atoms with Crippen LogP contribution < -0.4 is 0 Å². The topological polar surface area (TPSA) is 0 Å². The summed E-state index contributed by atoms with van der Waals surface area (Å²) in [6, 6.07) is 0. The van der Waals surface area contributed by atoms with Gasteiger partial charge in [0.1, 0.15) is 0 Å². The minimum atomic E-state index is 0.739. The van der Waals surface area contributed by atoms with Gasteiger partial charge in [0, 0.05) is 5.92 Å². The van der Waals surface area contributed by atoms with Crippen molar-refractivity contribution in [1.29, 1.82) is 0 Å². The highest BCUT2D eigenvalue weighted by Crippen LogP contribution is 2.52. The molecular formula is C15H16. The minimum absolute atomic E-state index is 0.739. The van der Waals surface area contributed by atoms with Gasteiger partial charge in [-0.1, -0.05) is 55.7 Å². The Bertz CT molecular complexity index is 400. The van der Waals surface area contributed by atoms with Crippen LogP contribution >= 0.6 is 0 Å². The van der Waals surface area contributed by atoms with Crippen molar-refractivity contribution in [2.45, 2.75) is 12.8 Å². The van der Waals surface area contributed by atoms with Gasteiger partial charge in [0.25, 0.3) is 0 Å². The molecule has 0 aliphatic heterocycles. The average molecular weight is 196 g/mol. The minimum Gasteiger partial charge on any atom is -0.0991 e. The number of fused-ring (bicyclic) bond motifs is 1. The standard InChI is InChI=1S/C15H16/c1-3-5-6-8-12-9-10-14-13(7-4-2)15(14)11-12/h3-8,11,14H,1-2,9-10H2/b6-5-,12-8-,13-7-. The molecule has 1 unspecified atom stereocenters. The maximum atomic E-state index is 3.74. The predicted molar refractivity (Wildman–Crippen MR) is 66.5 cm³/mol. The first-order valence-corrected chi connectivity index (χ1v) is 5.39. The van der Waals surface area contributed by atoms with Crippen LogP contribution in [0.3, 0.4) is 0 Å². The summed E-state index contributed by atoms with van der Waals surface area (Å²) in [5.74, 6) is 0.739. The molecule has 0 saturated heterocycles. The summed E-state index contributed by atoms with van der Waals surface area (Å²) in [5, 5.41) is 0. The third kappa shape index (κ3) is 2.10. The Hall–Kier alpha value is -1.56. The summed E-state index contributed by atoms with van der Waals surface area (Å²) in [5.41, 5.74) is 4.42. The number of hydrogen-bond acceptors (Lipinski definition) is 0. The molecule has 0 aromatic heterocycles. The van der Waals surface area contributed by atoms with E-state index in [0.29, 0.717) is 0 Å². The van der Waals surface area contributed by atoms with E-state index in [1.807, 2.05) is 12.2 Å². The van der Waals surface area contributed by atoms with Gasteiger partial charge in [0.2, 0.25) is 0 Å². The van der Waals surface area contributed by atoms with Crippen LogP contribution in [0.1, 0.15) is 12.8 Å². The fourth-order valence-corrected chi connectivity index (χ4v) is 2.11. The van der Waals surface area contributed by atoms with Crippen LogP contribution in [-0.4, -0.2) is 0 Å². The summed E-state index contributed by atoms with van der Waals surface area (Å²) in [6.45, 7) is 7.39. The largest absolute Gasteiger partial charge is 0.0991 e. The number of hydrogen-bond donors (Lipinski definition) is 0. The van der Waals surface area contributed by atoms with Crippen molar-refractivity contribution in [3.05, 3.63) is 72.4 Å². The molecule has 0 heteroatoms. The van der Waals surface area contributed by atoms with Crippen LogP contribution in [-0.2, 0) is 0 Å². The lowest BCUT2D eigenvalue weighted by atomic mass is 10.0. The first kappa shape index (κ1) is 9.97. The second kappa shape index (κ2) is 4.31. The molecule has 0 aromatic carbocycles. The van der Waals surface area contributed by atoms with Crippen LogP contribution in [0.25, 0.3) is 0 Å². The zero-order valence-electron chi connectivity index (χ0n) is 8.95. The zero-order chi connectivity index (χ0) is 10.7. The van der Waals surface area contributed by atoms with Crippen molar-refractivity contribution in [3.63, 3.8) is 0 Å². The zero-order valence-corrected chi connectivity index (χ0v) is 8.95. The molecule has 2 rings (SSSR count). The van der Waals surface area contributed by atoms with Crippen molar-refractivity contribution in [2.24, 2.45) is 5.92 Å². The van der Waals surface area contributed by atoms with Crippen molar-refractivity contribution in [1.82, 2.24) is 0 Å². The molecule has 0 aromatic rings. The highest BCUT2D eigenvalue weighted by Gasteiger charge is 2.38. The Balaban J connectivity index is 2.12. The van der Waals surface area contributed by atoms with Gasteiger partial charge in [-0.25, -0.2) is 0 Å². The van der Waals surface area contributed by atoms with Gasteiger partial charge in [-0.15, -0.1) is 0 Å². The van der Waals surface area contributed by atoms with E-state index in [1.165, 1.54) is 29.6 Å². The van der Waals surface area contributed by atoms with E-state index in [-0.39, 0.29) is 0 Å². The first-order chi connectivity index (χ1) is 7.36. The highest BCUT2D eigenvalue weighted by molar-refractivity contribution is 5.61. The molecule has 76 valence electrons. The van der Waals surface area contributed by atoms with Gasteiger partial charge in [0.15, 0.2) is 0 Å². The number of rotatable bonds is 3. The molecule has 0 radical (unpaired) electrons. The van der Waals surface area contributed by atoms with Gasteiger partial charge < -0.3 is 0 Å². The van der Waals surface area contributed by atoms with Gasteiger partial charge in [-0.3, -0.25) is 0 Å². The molecule has 2 aliphatic rings. The van der Waals surface area contributed by atoms with E-state index in [0.717, 1.165) is 5.92 Å². The molecule has 1 fully saturated rings. The maximum Gasteiger partial charge on any atom is 0.00985 e. The lowest BCUT2D eigenvalue weighted by Crippen LogP contribution is -1.87. The maximum absolute atomic E-state index is 3.74. The summed E-state index contributed by atoms with van der Waals surface area (Å²) in [7, 11) is 0. The van der Waals surface area contributed by atoms with E-state index in [2.05, 4.69) is 37.5 Å². The van der Waals surface area contributed by atoms with Crippen molar-refractivity contribution in [3.8, 4) is 0 Å². The lowest BCUT2D eigenvalue weighted by Gasteiger charge is -2.03. The quantitative estimate of drug-likeness (QED) is 0.596. The third-order valence-electron chi connectivity index (χ3n) is 2.92. The highest BCUT2D eigenvalue weighted by atomic mass is 14.4. The Morgan fingerprint density at radius 2 is 2.00 bits per heavy atom. The predicted octanol–water partition coefficient (Wildman–Crippen LogP) is 4.12. The smallest absolute Gasteiger partial charge is 0.00985 e. The molecule has 2 aliphatic carbocycles. The van der Waals surface area contributed by atoms with Gasteiger partial charge in [-0.05, 0) is 29.6 Å². The molecule has 0 N–H and O–H groups in total. The summed E-state index contributed by atoms with van der Waals surface area (Å²) >= 11 is 0. The molecule has 1 atom stereocenters.